The smallest absolute Gasteiger partial charge is 0.220 e. The molecule has 0 atom stereocenters. The zero-order valence-corrected chi connectivity index (χ0v) is 14.3. The molecule has 0 aliphatic heterocycles. The van der Waals surface area contributed by atoms with Crippen LogP contribution in [-0.4, -0.2) is 38.7 Å². The minimum atomic E-state index is 0.111. The first-order chi connectivity index (χ1) is 11.6. The van der Waals surface area contributed by atoms with Crippen molar-refractivity contribution in [3.63, 3.8) is 0 Å². The Morgan fingerprint density at radius 2 is 2.04 bits per heavy atom. The molecule has 1 amide bonds. The highest BCUT2D eigenvalue weighted by atomic mass is 16.5. The third-order valence-electron chi connectivity index (χ3n) is 3.71. The number of methoxy groups -OCH3 is 2. The molecule has 7 heteroatoms. The van der Waals surface area contributed by atoms with Crippen LogP contribution in [-0.2, 0) is 11.3 Å². The molecule has 0 unspecified atom stereocenters. The predicted molar refractivity (Wildman–Crippen MR) is 93.3 cm³/mol. The molecule has 4 N–H and O–H groups in total. The standard InChI is InChI=1S/C17H26N4O3/c1-23-14-8-5-12(10-15(14)24-2)11-20-17(18)19-9-3-4-16(22)21-13-6-7-13/h5,8,10,13H,3-4,6-7,9,11H2,1-2H3,(H,21,22)(H3,18,19,20). The molecular weight excluding hydrogens is 308 g/mol. The fourth-order valence-corrected chi connectivity index (χ4v) is 2.20. The summed E-state index contributed by atoms with van der Waals surface area (Å²) in [5.74, 6) is 1.83. The summed E-state index contributed by atoms with van der Waals surface area (Å²) in [4.78, 5) is 15.8. The minimum absolute atomic E-state index is 0.111. The van der Waals surface area contributed by atoms with Gasteiger partial charge in [-0.25, -0.2) is 4.99 Å². The number of hydrogen-bond acceptors (Lipinski definition) is 4. The summed E-state index contributed by atoms with van der Waals surface area (Å²) in [5, 5.41) is 5.98. The van der Waals surface area contributed by atoms with Crippen molar-refractivity contribution in [1.29, 1.82) is 0 Å². The Labute approximate surface area is 142 Å². The van der Waals surface area contributed by atoms with Crippen LogP contribution in [0.1, 0.15) is 31.2 Å². The van der Waals surface area contributed by atoms with Gasteiger partial charge in [-0.1, -0.05) is 6.07 Å². The maximum Gasteiger partial charge on any atom is 0.220 e. The van der Waals surface area contributed by atoms with E-state index in [4.69, 9.17) is 15.2 Å². The van der Waals surface area contributed by atoms with Gasteiger partial charge in [0.05, 0.1) is 20.8 Å². The maximum atomic E-state index is 11.5. The second-order valence-corrected chi connectivity index (χ2v) is 5.76. The van der Waals surface area contributed by atoms with Crippen molar-refractivity contribution in [1.82, 2.24) is 10.6 Å². The Balaban J connectivity index is 1.70. The summed E-state index contributed by atoms with van der Waals surface area (Å²) in [5.41, 5.74) is 6.81. The third-order valence-corrected chi connectivity index (χ3v) is 3.71. The average molecular weight is 334 g/mol. The van der Waals surface area contributed by atoms with Crippen LogP contribution >= 0.6 is 0 Å². The van der Waals surface area contributed by atoms with Gasteiger partial charge in [-0.05, 0) is 37.0 Å². The molecule has 1 aromatic rings. The molecule has 24 heavy (non-hydrogen) atoms. The SMILES string of the molecule is COc1ccc(CN=C(N)NCCCC(=O)NC2CC2)cc1OC. The van der Waals surface area contributed by atoms with Gasteiger partial charge < -0.3 is 25.8 Å². The van der Waals surface area contributed by atoms with Gasteiger partial charge in [0, 0.05) is 19.0 Å². The monoisotopic (exact) mass is 334 g/mol. The minimum Gasteiger partial charge on any atom is -0.493 e. The van der Waals surface area contributed by atoms with Crippen molar-refractivity contribution in [2.24, 2.45) is 10.7 Å². The second kappa shape index (κ2) is 9.00. The molecule has 0 radical (unpaired) electrons. The number of nitrogens with zero attached hydrogens (tertiary/aromatic N) is 1. The molecule has 1 aliphatic rings. The van der Waals surface area contributed by atoms with E-state index in [2.05, 4.69) is 15.6 Å². The summed E-state index contributed by atoms with van der Waals surface area (Å²) in [7, 11) is 3.20. The van der Waals surface area contributed by atoms with Gasteiger partial charge in [0.1, 0.15) is 0 Å². The summed E-state index contributed by atoms with van der Waals surface area (Å²) >= 11 is 0. The highest BCUT2D eigenvalue weighted by Gasteiger charge is 2.22. The summed E-state index contributed by atoms with van der Waals surface area (Å²) in [6, 6.07) is 6.04. The molecule has 0 saturated heterocycles. The van der Waals surface area contributed by atoms with Crippen molar-refractivity contribution in [2.45, 2.75) is 38.3 Å². The van der Waals surface area contributed by atoms with Crippen LogP contribution in [0.4, 0.5) is 0 Å². The Hall–Kier alpha value is -2.44. The number of ether oxygens (including phenoxy) is 2. The van der Waals surface area contributed by atoms with E-state index < -0.39 is 0 Å². The Kier molecular flexibility index (Phi) is 6.72. The van der Waals surface area contributed by atoms with Crippen molar-refractivity contribution in [3.05, 3.63) is 23.8 Å². The van der Waals surface area contributed by atoms with E-state index in [9.17, 15) is 4.79 Å². The lowest BCUT2D eigenvalue weighted by molar-refractivity contribution is -0.121. The Morgan fingerprint density at radius 3 is 2.71 bits per heavy atom. The van der Waals surface area contributed by atoms with E-state index in [1.165, 1.54) is 0 Å². The number of carbonyl (C=O) groups excluding carboxylic acids is 1. The molecule has 1 aliphatic carbocycles. The topological polar surface area (TPSA) is 98.0 Å². The Bertz CT molecular complexity index is 585. The number of rotatable bonds is 9. The van der Waals surface area contributed by atoms with Gasteiger partial charge >= 0.3 is 0 Å². The van der Waals surface area contributed by atoms with Gasteiger partial charge in [-0.2, -0.15) is 0 Å². The molecule has 0 bridgehead atoms. The van der Waals surface area contributed by atoms with E-state index in [-0.39, 0.29) is 5.91 Å². The van der Waals surface area contributed by atoms with Crippen LogP contribution in [0.2, 0.25) is 0 Å². The molecule has 0 aromatic heterocycles. The normalized spacial score (nSPS) is 14.2. The van der Waals surface area contributed by atoms with Crippen molar-refractivity contribution < 1.29 is 14.3 Å². The first-order valence-electron chi connectivity index (χ1n) is 8.16. The second-order valence-electron chi connectivity index (χ2n) is 5.76. The molecular formula is C17H26N4O3. The van der Waals surface area contributed by atoms with Gasteiger partial charge in [0.15, 0.2) is 17.5 Å². The van der Waals surface area contributed by atoms with Crippen molar-refractivity contribution in [2.75, 3.05) is 20.8 Å². The van der Waals surface area contributed by atoms with Crippen molar-refractivity contribution >= 4 is 11.9 Å². The van der Waals surface area contributed by atoms with E-state index in [0.29, 0.717) is 43.0 Å². The van der Waals surface area contributed by atoms with Gasteiger partial charge in [-0.3, -0.25) is 4.79 Å². The van der Waals surface area contributed by atoms with E-state index in [1.54, 1.807) is 14.2 Å². The number of amides is 1. The third kappa shape index (κ3) is 5.98. The largest absolute Gasteiger partial charge is 0.493 e. The van der Waals surface area contributed by atoms with E-state index in [1.807, 2.05) is 18.2 Å². The van der Waals surface area contributed by atoms with Gasteiger partial charge in [0.25, 0.3) is 0 Å². The molecule has 2 rings (SSSR count). The molecule has 1 aromatic carbocycles. The number of nitrogens with two attached hydrogens (primary N) is 1. The lowest BCUT2D eigenvalue weighted by Gasteiger charge is -2.09. The molecule has 0 heterocycles. The van der Waals surface area contributed by atoms with Crippen LogP contribution in [0.25, 0.3) is 0 Å². The van der Waals surface area contributed by atoms with Crippen LogP contribution in [0.5, 0.6) is 11.5 Å². The number of aliphatic imine (C=N–C) groups is 1. The molecule has 0 spiro atoms. The molecule has 1 fully saturated rings. The van der Waals surface area contributed by atoms with E-state index in [0.717, 1.165) is 24.8 Å². The number of benzene rings is 1. The lowest BCUT2D eigenvalue weighted by Crippen LogP contribution is -2.33. The number of guanidine groups is 1. The Morgan fingerprint density at radius 1 is 1.29 bits per heavy atom. The van der Waals surface area contributed by atoms with Crippen LogP contribution in [0.15, 0.2) is 23.2 Å². The highest BCUT2D eigenvalue weighted by molar-refractivity contribution is 5.78. The zero-order valence-electron chi connectivity index (χ0n) is 14.3. The van der Waals surface area contributed by atoms with Gasteiger partial charge in [-0.15, -0.1) is 0 Å². The zero-order chi connectivity index (χ0) is 17.4. The fraction of sp³-hybridized carbons (Fsp3) is 0.529. The highest BCUT2D eigenvalue weighted by Crippen LogP contribution is 2.27. The number of nitrogens with one attached hydrogen (secondary N) is 2. The van der Waals surface area contributed by atoms with E-state index >= 15 is 0 Å². The molecule has 7 nitrogen and oxygen atoms in total. The van der Waals surface area contributed by atoms with Crippen LogP contribution < -0.4 is 25.8 Å². The number of carbonyl (C=O) groups is 1. The molecule has 132 valence electrons. The maximum absolute atomic E-state index is 11.5. The fourth-order valence-electron chi connectivity index (χ4n) is 2.20. The lowest BCUT2D eigenvalue weighted by atomic mass is 10.2. The van der Waals surface area contributed by atoms with Crippen LogP contribution in [0, 0.1) is 0 Å². The van der Waals surface area contributed by atoms with Crippen molar-refractivity contribution in [3.8, 4) is 11.5 Å². The quantitative estimate of drug-likeness (QED) is 0.358. The predicted octanol–water partition coefficient (Wildman–Crippen LogP) is 1.17. The first-order valence-corrected chi connectivity index (χ1v) is 8.16. The number of hydrogen-bond donors (Lipinski definition) is 3. The van der Waals surface area contributed by atoms with Crippen LogP contribution in [0.3, 0.4) is 0 Å². The summed E-state index contributed by atoms with van der Waals surface area (Å²) in [6.07, 6.45) is 3.46. The summed E-state index contributed by atoms with van der Waals surface area (Å²) < 4.78 is 10.5. The average Bonchev–Trinajstić information content (AvgIpc) is 3.40. The molecule has 1 saturated carbocycles. The first kappa shape index (κ1) is 17.9. The summed E-state index contributed by atoms with van der Waals surface area (Å²) in [6.45, 7) is 1.07. The van der Waals surface area contributed by atoms with Gasteiger partial charge in [0.2, 0.25) is 5.91 Å².